The van der Waals surface area contributed by atoms with E-state index < -0.39 is 0 Å². The van der Waals surface area contributed by atoms with E-state index in [1.807, 2.05) is 4.90 Å². The minimum absolute atomic E-state index is 0.0789. The van der Waals surface area contributed by atoms with Crippen LogP contribution in [0.3, 0.4) is 0 Å². The van der Waals surface area contributed by atoms with Gasteiger partial charge in [0.2, 0.25) is 5.91 Å². The average Bonchev–Trinajstić information content (AvgIpc) is 1.94. The summed E-state index contributed by atoms with van der Waals surface area (Å²) in [5.41, 5.74) is -0.0789. The molecule has 1 N–H and O–H groups in total. The number of carbonyl (C=O) groups is 1. The van der Waals surface area contributed by atoms with Crippen molar-refractivity contribution in [3.63, 3.8) is 0 Å². The third-order valence-electron chi connectivity index (χ3n) is 2.08. The van der Waals surface area contributed by atoms with Crippen LogP contribution >= 0.6 is 0 Å². The van der Waals surface area contributed by atoms with Gasteiger partial charge in [-0.3, -0.25) is 4.79 Å². The van der Waals surface area contributed by atoms with E-state index in [2.05, 4.69) is 39.9 Å². The highest BCUT2D eigenvalue weighted by molar-refractivity contribution is 5.74. The SMILES string of the molecule is CC(=O)N(CCNC(C)C)C(C)(C)C. The van der Waals surface area contributed by atoms with E-state index in [4.69, 9.17) is 0 Å². The summed E-state index contributed by atoms with van der Waals surface area (Å²) in [4.78, 5) is 13.3. The highest BCUT2D eigenvalue weighted by Crippen LogP contribution is 2.12. The number of amides is 1. The van der Waals surface area contributed by atoms with E-state index in [9.17, 15) is 4.79 Å². The van der Waals surface area contributed by atoms with Crippen molar-refractivity contribution in [2.45, 2.75) is 53.1 Å². The first kappa shape index (κ1) is 13.4. The van der Waals surface area contributed by atoms with Crippen molar-refractivity contribution in [3.8, 4) is 0 Å². The Morgan fingerprint density at radius 3 is 2.14 bits per heavy atom. The summed E-state index contributed by atoms with van der Waals surface area (Å²) in [5.74, 6) is 0.142. The van der Waals surface area contributed by atoms with Crippen LogP contribution in [0.2, 0.25) is 0 Å². The summed E-state index contributed by atoms with van der Waals surface area (Å²) in [7, 11) is 0. The molecule has 0 aliphatic carbocycles. The molecule has 1 amide bonds. The second-order valence-corrected chi connectivity index (χ2v) is 4.95. The van der Waals surface area contributed by atoms with Gasteiger partial charge in [-0.2, -0.15) is 0 Å². The van der Waals surface area contributed by atoms with Crippen molar-refractivity contribution < 1.29 is 4.79 Å². The molecule has 0 heterocycles. The second-order valence-electron chi connectivity index (χ2n) is 4.95. The Hall–Kier alpha value is -0.570. The second kappa shape index (κ2) is 5.35. The van der Waals surface area contributed by atoms with E-state index in [0.29, 0.717) is 6.04 Å². The molecule has 0 aliphatic heterocycles. The number of hydrogen-bond acceptors (Lipinski definition) is 2. The number of nitrogens with one attached hydrogen (secondary N) is 1. The van der Waals surface area contributed by atoms with Gasteiger partial charge < -0.3 is 10.2 Å². The van der Waals surface area contributed by atoms with Crippen molar-refractivity contribution in [3.05, 3.63) is 0 Å². The van der Waals surface area contributed by atoms with Gasteiger partial charge in [0.1, 0.15) is 0 Å². The molecule has 0 saturated heterocycles. The topological polar surface area (TPSA) is 32.3 Å². The normalized spacial score (nSPS) is 11.9. The summed E-state index contributed by atoms with van der Waals surface area (Å²) in [5, 5.41) is 3.31. The van der Waals surface area contributed by atoms with Gasteiger partial charge in [-0.1, -0.05) is 13.8 Å². The van der Waals surface area contributed by atoms with E-state index >= 15 is 0 Å². The van der Waals surface area contributed by atoms with Crippen molar-refractivity contribution in [2.24, 2.45) is 0 Å². The maximum atomic E-state index is 11.4. The quantitative estimate of drug-likeness (QED) is 0.748. The number of carbonyl (C=O) groups excluding carboxylic acids is 1. The van der Waals surface area contributed by atoms with Gasteiger partial charge in [0, 0.05) is 31.6 Å². The minimum atomic E-state index is -0.0789. The molecule has 0 bridgehead atoms. The molecule has 3 heteroatoms. The molecule has 0 spiro atoms. The molecule has 0 aromatic rings. The van der Waals surface area contributed by atoms with Gasteiger partial charge in [0.15, 0.2) is 0 Å². The Morgan fingerprint density at radius 1 is 1.36 bits per heavy atom. The lowest BCUT2D eigenvalue weighted by molar-refractivity contribution is -0.133. The van der Waals surface area contributed by atoms with Gasteiger partial charge >= 0.3 is 0 Å². The zero-order chi connectivity index (χ0) is 11.4. The van der Waals surface area contributed by atoms with Crippen LogP contribution in [0.25, 0.3) is 0 Å². The molecular weight excluding hydrogens is 176 g/mol. The summed E-state index contributed by atoms with van der Waals surface area (Å²) in [6, 6.07) is 0.476. The summed E-state index contributed by atoms with van der Waals surface area (Å²) in [6.45, 7) is 13.6. The third-order valence-corrected chi connectivity index (χ3v) is 2.08. The highest BCUT2D eigenvalue weighted by atomic mass is 16.2. The molecule has 0 aromatic heterocycles. The van der Waals surface area contributed by atoms with Crippen molar-refractivity contribution in [1.29, 1.82) is 0 Å². The summed E-state index contributed by atoms with van der Waals surface area (Å²) in [6.07, 6.45) is 0. The fraction of sp³-hybridized carbons (Fsp3) is 0.909. The lowest BCUT2D eigenvalue weighted by Crippen LogP contribution is -2.48. The molecule has 84 valence electrons. The molecule has 0 aromatic carbocycles. The molecule has 0 radical (unpaired) electrons. The molecule has 14 heavy (non-hydrogen) atoms. The van der Waals surface area contributed by atoms with Gasteiger partial charge in [0.25, 0.3) is 0 Å². The third kappa shape index (κ3) is 5.22. The molecule has 0 fully saturated rings. The van der Waals surface area contributed by atoms with Gasteiger partial charge in [-0.05, 0) is 20.8 Å². The van der Waals surface area contributed by atoms with Crippen LogP contribution in [0.15, 0.2) is 0 Å². The zero-order valence-electron chi connectivity index (χ0n) is 10.3. The summed E-state index contributed by atoms with van der Waals surface area (Å²) < 4.78 is 0. The van der Waals surface area contributed by atoms with Crippen LogP contribution in [-0.2, 0) is 4.79 Å². The van der Waals surface area contributed by atoms with Crippen molar-refractivity contribution in [1.82, 2.24) is 10.2 Å². The lowest BCUT2D eigenvalue weighted by Gasteiger charge is -2.35. The van der Waals surface area contributed by atoms with Crippen LogP contribution in [0, 0.1) is 0 Å². The minimum Gasteiger partial charge on any atom is -0.337 e. The van der Waals surface area contributed by atoms with Crippen molar-refractivity contribution in [2.75, 3.05) is 13.1 Å². The average molecular weight is 200 g/mol. The van der Waals surface area contributed by atoms with Gasteiger partial charge in [-0.15, -0.1) is 0 Å². The first-order valence-electron chi connectivity index (χ1n) is 5.26. The molecule has 0 rings (SSSR count). The van der Waals surface area contributed by atoms with Gasteiger partial charge in [0.05, 0.1) is 0 Å². The largest absolute Gasteiger partial charge is 0.337 e. The predicted molar refractivity (Wildman–Crippen MR) is 60.3 cm³/mol. The Bertz CT molecular complexity index is 182. The monoisotopic (exact) mass is 200 g/mol. The standard InChI is InChI=1S/C11H24N2O/c1-9(2)12-7-8-13(10(3)14)11(4,5)6/h9,12H,7-8H2,1-6H3. The van der Waals surface area contributed by atoms with E-state index in [1.165, 1.54) is 0 Å². The van der Waals surface area contributed by atoms with E-state index in [0.717, 1.165) is 13.1 Å². The van der Waals surface area contributed by atoms with E-state index in [-0.39, 0.29) is 11.4 Å². The smallest absolute Gasteiger partial charge is 0.219 e. The molecule has 0 aliphatic rings. The predicted octanol–water partition coefficient (Wildman–Crippen LogP) is 1.63. The Kier molecular flexibility index (Phi) is 5.13. The molecule has 3 nitrogen and oxygen atoms in total. The first-order valence-corrected chi connectivity index (χ1v) is 5.26. The van der Waals surface area contributed by atoms with E-state index in [1.54, 1.807) is 6.92 Å². The molecule has 0 unspecified atom stereocenters. The number of rotatable bonds is 4. The number of nitrogens with zero attached hydrogens (tertiary/aromatic N) is 1. The fourth-order valence-corrected chi connectivity index (χ4v) is 1.43. The van der Waals surface area contributed by atoms with Crippen LogP contribution in [0.4, 0.5) is 0 Å². The lowest BCUT2D eigenvalue weighted by atomic mass is 10.1. The van der Waals surface area contributed by atoms with Crippen LogP contribution in [0.1, 0.15) is 41.5 Å². The molecule has 0 saturated carbocycles. The fourth-order valence-electron chi connectivity index (χ4n) is 1.43. The van der Waals surface area contributed by atoms with Gasteiger partial charge in [-0.25, -0.2) is 0 Å². The van der Waals surface area contributed by atoms with Crippen LogP contribution in [0.5, 0.6) is 0 Å². The number of hydrogen-bond donors (Lipinski definition) is 1. The maximum Gasteiger partial charge on any atom is 0.219 e. The first-order chi connectivity index (χ1) is 6.25. The molecular formula is C11H24N2O. The highest BCUT2D eigenvalue weighted by Gasteiger charge is 2.22. The maximum absolute atomic E-state index is 11.4. The molecule has 0 atom stereocenters. The Labute approximate surface area is 87.9 Å². The van der Waals surface area contributed by atoms with Crippen LogP contribution < -0.4 is 5.32 Å². The van der Waals surface area contributed by atoms with Crippen LogP contribution in [-0.4, -0.2) is 35.5 Å². The Balaban J connectivity index is 4.07. The van der Waals surface area contributed by atoms with Crippen molar-refractivity contribution >= 4 is 5.91 Å². The Morgan fingerprint density at radius 2 is 1.86 bits per heavy atom. The zero-order valence-corrected chi connectivity index (χ0v) is 10.3. The summed E-state index contributed by atoms with van der Waals surface area (Å²) >= 11 is 0.